The summed E-state index contributed by atoms with van der Waals surface area (Å²) in [5.74, 6) is 0. The average Bonchev–Trinajstić information content (AvgIpc) is 3.25. The third-order valence-corrected chi connectivity index (χ3v) is 8.07. The molecule has 0 radical (unpaired) electrons. The van der Waals surface area contributed by atoms with E-state index in [0.717, 1.165) is 0 Å². The third kappa shape index (κ3) is 18.3. The van der Waals surface area contributed by atoms with Crippen LogP contribution in [0.5, 0.6) is 0 Å². The molecule has 0 fully saturated rings. The fraction of sp³-hybridized carbons (Fsp3) is 0.939. The number of nitrogens with zero attached hydrogens (tertiary/aromatic N) is 2. The van der Waals surface area contributed by atoms with Crippen LogP contribution in [0.15, 0.2) is 12.4 Å². The Balaban J connectivity index is 2.23. The molecule has 1 rings (SSSR count). The first kappa shape index (κ1) is 32.4. The Labute approximate surface area is 222 Å². The lowest BCUT2D eigenvalue weighted by Gasteiger charge is -2.33. The minimum absolute atomic E-state index is 0.643. The van der Waals surface area contributed by atoms with Crippen LogP contribution >= 0.6 is 0 Å². The monoisotopic (exact) mass is 491 g/mol. The van der Waals surface area contributed by atoms with Crippen LogP contribution in [0.25, 0.3) is 0 Å². The quantitative estimate of drug-likeness (QED) is 0.106. The van der Waals surface area contributed by atoms with Crippen LogP contribution in [0.1, 0.15) is 181 Å². The maximum Gasteiger partial charge on any atom is 0.101 e. The van der Waals surface area contributed by atoms with Gasteiger partial charge in [0.1, 0.15) is 6.17 Å². The third-order valence-electron chi connectivity index (χ3n) is 8.07. The Morgan fingerprint density at radius 3 is 1.00 bits per heavy atom. The second-order valence-corrected chi connectivity index (χ2v) is 11.5. The Morgan fingerprint density at radius 1 is 0.371 bits per heavy atom. The number of rotatable bonds is 27. The van der Waals surface area contributed by atoms with E-state index in [1.807, 2.05) is 0 Å². The van der Waals surface area contributed by atoms with Gasteiger partial charge in [-0.1, -0.05) is 156 Å². The standard InChI is InChI=1S/C33H66N2/c1-4-7-10-13-16-17-18-19-21-24-27-30-35-32-31-34(29-26-23-15-12-9-6-3)33(35)28-25-22-20-14-11-8-5-2/h31-33H,4-30H2,1-3H3. The molecule has 208 valence electrons. The van der Waals surface area contributed by atoms with Crippen molar-refractivity contribution >= 4 is 0 Å². The van der Waals surface area contributed by atoms with E-state index in [9.17, 15) is 0 Å². The van der Waals surface area contributed by atoms with Crippen molar-refractivity contribution in [3.05, 3.63) is 12.4 Å². The molecule has 1 unspecified atom stereocenters. The summed E-state index contributed by atoms with van der Waals surface area (Å²) in [5, 5.41) is 0. The van der Waals surface area contributed by atoms with Gasteiger partial charge in [0.2, 0.25) is 0 Å². The molecule has 1 heterocycles. The van der Waals surface area contributed by atoms with Crippen molar-refractivity contribution < 1.29 is 0 Å². The molecule has 0 spiro atoms. The van der Waals surface area contributed by atoms with E-state index in [2.05, 4.69) is 43.0 Å². The van der Waals surface area contributed by atoms with Crippen LogP contribution in [0, 0.1) is 0 Å². The molecule has 0 amide bonds. The smallest absolute Gasteiger partial charge is 0.101 e. The first-order chi connectivity index (χ1) is 17.3. The molecule has 1 aliphatic rings. The zero-order chi connectivity index (χ0) is 25.2. The fourth-order valence-electron chi connectivity index (χ4n) is 5.66. The highest BCUT2D eigenvalue weighted by molar-refractivity contribution is 4.97. The van der Waals surface area contributed by atoms with Crippen molar-refractivity contribution in [2.24, 2.45) is 0 Å². The van der Waals surface area contributed by atoms with Gasteiger partial charge < -0.3 is 9.80 Å². The number of unbranched alkanes of at least 4 members (excludes halogenated alkanes) is 21. The van der Waals surface area contributed by atoms with E-state index in [1.54, 1.807) is 0 Å². The van der Waals surface area contributed by atoms with Crippen molar-refractivity contribution in [2.75, 3.05) is 13.1 Å². The number of hydrogen-bond donors (Lipinski definition) is 0. The van der Waals surface area contributed by atoms with Gasteiger partial charge in [0.05, 0.1) is 0 Å². The lowest BCUT2D eigenvalue weighted by molar-refractivity contribution is 0.135. The van der Waals surface area contributed by atoms with Crippen LogP contribution < -0.4 is 0 Å². The first-order valence-corrected chi connectivity index (χ1v) is 16.5. The Morgan fingerprint density at radius 2 is 0.657 bits per heavy atom. The highest BCUT2D eigenvalue weighted by atomic mass is 15.4. The highest BCUT2D eigenvalue weighted by Crippen LogP contribution is 2.24. The van der Waals surface area contributed by atoms with E-state index in [1.165, 1.54) is 174 Å². The van der Waals surface area contributed by atoms with Crippen molar-refractivity contribution in [1.29, 1.82) is 0 Å². The normalized spacial score (nSPS) is 15.6. The molecule has 1 atom stereocenters. The molecule has 2 nitrogen and oxygen atoms in total. The van der Waals surface area contributed by atoms with Crippen molar-refractivity contribution in [3.63, 3.8) is 0 Å². The summed E-state index contributed by atoms with van der Waals surface area (Å²) >= 11 is 0. The fourth-order valence-corrected chi connectivity index (χ4v) is 5.66. The summed E-state index contributed by atoms with van der Waals surface area (Å²) in [6, 6.07) is 0. The van der Waals surface area contributed by atoms with Gasteiger partial charge in [0, 0.05) is 25.5 Å². The van der Waals surface area contributed by atoms with E-state index >= 15 is 0 Å². The topological polar surface area (TPSA) is 6.48 Å². The van der Waals surface area contributed by atoms with Gasteiger partial charge in [-0.25, -0.2) is 0 Å². The Kier molecular flexibility index (Phi) is 23.1. The Bertz CT molecular complexity index is 446. The zero-order valence-electron chi connectivity index (χ0n) is 24.7. The molecule has 0 aliphatic carbocycles. The minimum Gasteiger partial charge on any atom is -0.356 e. The average molecular weight is 491 g/mol. The van der Waals surface area contributed by atoms with Gasteiger partial charge in [-0.2, -0.15) is 0 Å². The molecule has 0 saturated carbocycles. The second kappa shape index (κ2) is 25.0. The van der Waals surface area contributed by atoms with Crippen molar-refractivity contribution in [3.8, 4) is 0 Å². The van der Waals surface area contributed by atoms with Crippen LogP contribution in [0.4, 0.5) is 0 Å². The minimum atomic E-state index is 0.643. The van der Waals surface area contributed by atoms with E-state index in [4.69, 9.17) is 0 Å². The lowest BCUT2D eigenvalue weighted by Crippen LogP contribution is -2.39. The summed E-state index contributed by atoms with van der Waals surface area (Å²) < 4.78 is 0. The van der Waals surface area contributed by atoms with Gasteiger partial charge in [0.15, 0.2) is 0 Å². The summed E-state index contributed by atoms with van der Waals surface area (Å²) in [5.41, 5.74) is 0. The molecule has 35 heavy (non-hydrogen) atoms. The predicted molar refractivity (Wildman–Crippen MR) is 159 cm³/mol. The van der Waals surface area contributed by atoms with Gasteiger partial charge in [-0.05, 0) is 25.7 Å². The molecule has 0 bridgehead atoms. The summed E-state index contributed by atoms with van der Waals surface area (Å²) in [6.07, 6.45) is 41.0. The molecular formula is C33H66N2. The molecule has 1 aliphatic heterocycles. The van der Waals surface area contributed by atoms with Crippen LogP contribution in [0.3, 0.4) is 0 Å². The van der Waals surface area contributed by atoms with Gasteiger partial charge >= 0.3 is 0 Å². The summed E-state index contributed by atoms with van der Waals surface area (Å²) in [4.78, 5) is 5.39. The van der Waals surface area contributed by atoms with Gasteiger partial charge in [0.25, 0.3) is 0 Å². The maximum absolute atomic E-state index is 2.70. The molecule has 0 saturated heterocycles. The molecule has 0 aromatic rings. The molecule has 0 aromatic heterocycles. The second-order valence-electron chi connectivity index (χ2n) is 11.5. The highest BCUT2D eigenvalue weighted by Gasteiger charge is 2.24. The van der Waals surface area contributed by atoms with E-state index < -0.39 is 0 Å². The van der Waals surface area contributed by atoms with E-state index in [0.29, 0.717) is 6.17 Å². The molecule has 0 N–H and O–H groups in total. The zero-order valence-corrected chi connectivity index (χ0v) is 24.7. The maximum atomic E-state index is 2.70. The van der Waals surface area contributed by atoms with Gasteiger partial charge in [-0.15, -0.1) is 0 Å². The van der Waals surface area contributed by atoms with E-state index in [-0.39, 0.29) is 0 Å². The van der Waals surface area contributed by atoms with Crippen LogP contribution in [-0.2, 0) is 0 Å². The lowest BCUT2D eigenvalue weighted by atomic mass is 10.1. The predicted octanol–water partition coefficient (Wildman–Crippen LogP) is 11.2. The molecule has 0 aromatic carbocycles. The van der Waals surface area contributed by atoms with Crippen molar-refractivity contribution in [1.82, 2.24) is 9.80 Å². The first-order valence-electron chi connectivity index (χ1n) is 16.5. The van der Waals surface area contributed by atoms with Crippen LogP contribution in [0.2, 0.25) is 0 Å². The largest absolute Gasteiger partial charge is 0.356 e. The Hall–Kier alpha value is -0.660. The summed E-state index contributed by atoms with van der Waals surface area (Å²) in [6.45, 7) is 9.46. The molecule has 2 heteroatoms. The van der Waals surface area contributed by atoms with Crippen LogP contribution in [-0.4, -0.2) is 29.1 Å². The van der Waals surface area contributed by atoms with Crippen molar-refractivity contribution in [2.45, 2.75) is 187 Å². The SMILES string of the molecule is CCCCCCCCCCCCCN1C=CN(CCCCCCCC)C1CCCCCCCCC. The molecular weight excluding hydrogens is 424 g/mol. The number of hydrogen-bond acceptors (Lipinski definition) is 2. The van der Waals surface area contributed by atoms with Gasteiger partial charge in [-0.3, -0.25) is 0 Å². The summed E-state index contributed by atoms with van der Waals surface area (Å²) in [7, 11) is 0.